The van der Waals surface area contributed by atoms with E-state index in [-0.39, 0.29) is 30.1 Å². The number of nitrogens with zero attached hydrogens (tertiary/aromatic N) is 1. The fourth-order valence-electron chi connectivity index (χ4n) is 7.96. The smallest absolute Gasteiger partial charge is 0.312 e. The van der Waals surface area contributed by atoms with Crippen LogP contribution in [0.5, 0.6) is 0 Å². The van der Waals surface area contributed by atoms with Gasteiger partial charge in [0.15, 0.2) is 0 Å². The number of ether oxygens (including phenoxy) is 2. The molecule has 0 spiro atoms. The maximum atomic E-state index is 13.4. The highest BCUT2D eigenvalue weighted by molar-refractivity contribution is 5.80. The molecule has 0 atom stereocenters. The van der Waals surface area contributed by atoms with E-state index >= 15 is 0 Å². The van der Waals surface area contributed by atoms with E-state index in [2.05, 4.69) is 25.7 Å². The second-order valence-corrected chi connectivity index (χ2v) is 18.0. The lowest BCUT2D eigenvalue weighted by Crippen LogP contribution is -2.30. The molecular weight excluding hydrogens is 671 g/mol. The molecule has 0 heterocycles. The molecule has 0 bridgehead atoms. The van der Waals surface area contributed by atoms with Gasteiger partial charge in [0.2, 0.25) is 0 Å². The van der Waals surface area contributed by atoms with Gasteiger partial charge in [-0.25, -0.2) is 0 Å². The molecule has 54 heavy (non-hydrogen) atoms. The van der Waals surface area contributed by atoms with E-state index < -0.39 is 5.41 Å². The van der Waals surface area contributed by atoms with Crippen LogP contribution >= 0.6 is 0 Å². The van der Waals surface area contributed by atoms with Gasteiger partial charge in [0.25, 0.3) is 0 Å². The Bertz CT molecular complexity index is 855. The Balaban J connectivity index is 2.28. The molecular formula is C48H93NO5. The lowest BCUT2D eigenvalue weighted by molar-refractivity contribution is -0.157. The molecule has 0 aromatic heterocycles. The molecule has 0 aromatic carbocycles. The van der Waals surface area contributed by atoms with Crippen molar-refractivity contribution in [2.24, 2.45) is 10.8 Å². The summed E-state index contributed by atoms with van der Waals surface area (Å²) >= 11 is 0. The quantitative estimate of drug-likeness (QED) is 0.0494. The molecule has 6 nitrogen and oxygen atoms in total. The van der Waals surface area contributed by atoms with Crippen molar-refractivity contribution in [3.8, 4) is 0 Å². The summed E-state index contributed by atoms with van der Waals surface area (Å²) in [6, 6.07) is 0. The number of carbonyl (C=O) groups is 2. The van der Waals surface area contributed by atoms with Crippen LogP contribution in [0.25, 0.3) is 0 Å². The third kappa shape index (κ3) is 26.7. The predicted molar refractivity (Wildman–Crippen MR) is 230 cm³/mol. The first-order chi connectivity index (χ1) is 26.2. The van der Waals surface area contributed by atoms with Gasteiger partial charge in [-0.1, -0.05) is 162 Å². The summed E-state index contributed by atoms with van der Waals surface area (Å²) in [6.07, 6.45) is 39.3. The average molecular weight is 764 g/mol. The van der Waals surface area contributed by atoms with Gasteiger partial charge in [-0.15, -0.1) is 0 Å². The maximum Gasteiger partial charge on any atom is 0.312 e. The summed E-state index contributed by atoms with van der Waals surface area (Å²) in [5.74, 6) is 0.0468. The minimum Gasteiger partial charge on any atom is -0.465 e. The highest BCUT2D eigenvalue weighted by Gasteiger charge is 2.51. The van der Waals surface area contributed by atoms with Crippen molar-refractivity contribution < 1.29 is 24.2 Å². The van der Waals surface area contributed by atoms with E-state index in [1.54, 1.807) is 0 Å². The number of rotatable bonds is 41. The highest BCUT2D eigenvalue weighted by atomic mass is 16.5. The van der Waals surface area contributed by atoms with Gasteiger partial charge < -0.3 is 19.5 Å². The van der Waals surface area contributed by atoms with Crippen LogP contribution in [0.4, 0.5) is 0 Å². The third-order valence-corrected chi connectivity index (χ3v) is 12.2. The maximum absolute atomic E-state index is 13.4. The van der Waals surface area contributed by atoms with E-state index in [9.17, 15) is 14.7 Å². The Morgan fingerprint density at radius 3 is 1.54 bits per heavy atom. The molecule has 0 saturated heterocycles. The summed E-state index contributed by atoms with van der Waals surface area (Å²) in [7, 11) is 0. The first-order valence-corrected chi connectivity index (χ1v) is 24.0. The molecule has 0 aliphatic heterocycles. The van der Waals surface area contributed by atoms with E-state index in [0.29, 0.717) is 13.2 Å². The second-order valence-electron chi connectivity index (χ2n) is 18.0. The Morgan fingerprint density at radius 1 is 0.593 bits per heavy atom. The third-order valence-electron chi connectivity index (χ3n) is 12.2. The molecule has 1 fully saturated rings. The number of hydrogen-bond donors (Lipinski definition) is 1. The van der Waals surface area contributed by atoms with E-state index in [1.165, 1.54) is 122 Å². The van der Waals surface area contributed by atoms with Crippen LogP contribution in [0.2, 0.25) is 0 Å². The first kappa shape index (κ1) is 50.9. The van der Waals surface area contributed by atoms with Gasteiger partial charge in [0.1, 0.15) is 6.10 Å². The molecule has 0 aromatic rings. The molecule has 1 saturated carbocycles. The Hall–Kier alpha value is -1.14. The van der Waals surface area contributed by atoms with Crippen LogP contribution in [-0.2, 0) is 19.1 Å². The standard InChI is InChI=1S/C48H93NO5/c1-6-9-12-15-18-19-20-25-32-43-53-45(51)47(4,5)35-29-31-40-49(41-42-50)39-30-24-23-28-36-48(37-38-48)46(52)54-44(33-26-21-16-13-10-7-2)34-27-22-17-14-11-8-3/h44,50H,6-43H2,1-5H3. The number of unbranched alkanes of at least 4 members (excludes halogenated alkanes) is 22. The number of hydrogen-bond acceptors (Lipinski definition) is 6. The predicted octanol–water partition coefficient (Wildman–Crippen LogP) is 13.7. The normalized spacial score (nSPS) is 13.9. The van der Waals surface area contributed by atoms with Crippen molar-refractivity contribution in [3.05, 3.63) is 0 Å². The summed E-state index contributed by atoms with van der Waals surface area (Å²) in [5, 5.41) is 9.68. The fraction of sp³-hybridized carbons (Fsp3) is 0.958. The summed E-state index contributed by atoms with van der Waals surface area (Å²) < 4.78 is 12.0. The van der Waals surface area contributed by atoms with E-state index in [4.69, 9.17) is 9.47 Å². The molecule has 0 amide bonds. The van der Waals surface area contributed by atoms with Crippen molar-refractivity contribution in [1.82, 2.24) is 4.90 Å². The van der Waals surface area contributed by atoms with Crippen molar-refractivity contribution in [1.29, 1.82) is 0 Å². The highest BCUT2D eigenvalue weighted by Crippen LogP contribution is 2.51. The van der Waals surface area contributed by atoms with Crippen molar-refractivity contribution in [3.63, 3.8) is 0 Å². The molecule has 0 radical (unpaired) electrons. The SMILES string of the molecule is CCCCCCCCCCCOC(=O)C(C)(C)CCCCN(CCO)CCCCCCC1(C(=O)OC(CCCCCCCC)CCCCCCCC)CC1. The number of carbonyl (C=O) groups excluding carboxylic acids is 2. The largest absolute Gasteiger partial charge is 0.465 e. The second kappa shape index (κ2) is 33.9. The molecule has 6 heteroatoms. The van der Waals surface area contributed by atoms with Crippen LogP contribution in [0.3, 0.4) is 0 Å². The summed E-state index contributed by atoms with van der Waals surface area (Å²) in [6.45, 7) is 14.2. The minimum atomic E-state index is -0.449. The van der Waals surface area contributed by atoms with Crippen LogP contribution < -0.4 is 0 Å². The van der Waals surface area contributed by atoms with Gasteiger partial charge in [-0.05, 0) is 97.6 Å². The molecule has 0 unspecified atom stereocenters. The van der Waals surface area contributed by atoms with Crippen molar-refractivity contribution in [2.75, 3.05) is 32.8 Å². The number of aliphatic hydroxyl groups excluding tert-OH is 1. The topological polar surface area (TPSA) is 76.1 Å². The van der Waals surface area contributed by atoms with E-state index in [0.717, 1.165) is 103 Å². The zero-order chi connectivity index (χ0) is 39.6. The first-order valence-electron chi connectivity index (χ1n) is 24.0. The van der Waals surface area contributed by atoms with Crippen LogP contribution in [0.1, 0.15) is 247 Å². The van der Waals surface area contributed by atoms with Crippen LogP contribution in [0.15, 0.2) is 0 Å². The molecule has 320 valence electrons. The average Bonchev–Trinajstić information content (AvgIpc) is 3.95. The monoisotopic (exact) mass is 764 g/mol. The minimum absolute atomic E-state index is 0.0586. The summed E-state index contributed by atoms with van der Waals surface area (Å²) in [5.41, 5.74) is -0.647. The molecule has 1 aliphatic rings. The van der Waals surface area contributed by atoms with Gasteiger partial charge >= 0.3 is 11.9 Å². The Kier molecular flexibility index (Phi) is 32.0. The zero-order valence-electron chi connectivity index (χ0n) is 37.0. The Morgan fingerprint density at radius 2 is 1.04 bits per heavy atom. The molecule has 1 N–H and O–H groups in total. The lowest BCUT2D eigenvalue weighted by atomic mass is 9.87. The number of aliphatic hydroxyl groups is 1. The van der Waals surface area contributed by atoms with Crippen molar-refractivity contribution in [2.45, 2.75) is 253 Å². The van der Waals surface area contributed by atoms with Gasteiger partial charge in [-0.2, -0.15) is 0 Å². The van der Waals surface area contributed by atoms with Crippen LogP contribution in [0, 0.1) is 10.8 Å². The fourth-order valence-corrected chi connectivity index (χ4v) is 7.96. The molecule has 1 aliphatic carbocycles. The van der Waals surface area contributed by atoms with Gasteiger partial charge in [0.05, 0.1) is 24.0 Å². The Labute approximate surface area is 336 Å². The summed E-state index contributed by atoms with van der Waals surface area (Å²) in [4.78, 5) is 28.6. The van der Waals surface area contributed by atoms with Gasteiger partial charge in [-0.3, -0.25) is 9.59 Å². The lowest BCUT2D eigenvalue weighted by Gasteiger charge is -2.24. The van der Waals surface area contributed by atoms with Crippen molar-refractivity contribution >= 4 is 11.9 Å². The zero-order valence-corrected chi connectivity index (χ0v) is 37.0. The van der Waals surface area contributed by atoms with Crippen LogP contribution in [-0.4, -0.2) is 60.9 Å². The number of esters is 2. The van der Waals surface area contributed by atoms with E-state index in [1.807, 2.05) is 13.8 Å². The van der Waals surface area contributed by atoms with Gasteiger partial charge in [0, 0.05) is 6.54 Å². The molecule has 1 rings (SSSR count).